The third-order valence-electron chi connectivity index (χ3n) is 3.93. The van der Waals surface area contributed by atoms with E-state index in [1.807, 2.05) is 0 Å². The van der Waals surface area contributed by atoms with Crippen LogP contribution in [-0.4, -0.2) is 26.6 Å². The van der Waals surface area contributed by atoms with E-state index in [-0.39, 0.29) is 17.2 Å². The van der Waals surface area contributed by atoms with Crippen LogP contribution in [0.3, 0.4) is 0 Å². The number of hydrogen-bond acceptors (Lipinski definition) is 3. The summed E-state index contributed by atoms with van der Waals surface area (Å²) in [5.41, 5.74) is 2.65. The Morgan fingerprint density at radius 2 is 1.73 bits per heavy atom. The quantitative estimate of drug-likeness (QED) is 0.559. The minimum absolute atomic E-state index is 0.185. The number of ketones is 1. The Labute approximate surface area is 149 Å². The fraction of sp³-hybridized carbons (Fsp3) is 0.0500. The average molecular weight is 350 g/mol. The highest BCUT2D eigenvalue weighted by Crippen LogP contribution is 2.16. The van der Waals surface area contributed by atoms with E-state index in [4.69, 9.17) is 5.11 Å². The summed E-state index contributed by atoms with van der Waals surface area (Å²) in [6.45, 7) is 1.76. The van der Waals surface area contributed by atoms with Crippen LogP contribution in [0.15, 0.2) is 60.8 Å². The maximum absolute atomic E-state index is 13.0. The minimum Gasteiger partial charge on any atom is -0.478 e. The molecule has 0 aliphatic carbocycles. The van der Waals surface area contributed by atoms with Crippen LogP contribution in [0.4, 0.5) is 4.39 Å². The summed E-state index contributed by atoms with van der Waals surface area (Å²) in [4.78, 5) is 23.3. The summed E-state index contributed by atoms with van der Waals surface area (Å²) >= 11 is 0. The van der Waals surface area contributed by atoms with E-state index in [9.17, 15) is 14.0 Å². The summed E-state index contributed by atoms with van der Waals surface area (Å²) in [6.07, 6.45) is 4.50. The van der Waals surface area contributed by atoms with Gasteiger partial charge >= 0.3 is 5.97 Å². The van der Waals surface area contributed by atoms with Crippen molar-refractivity contribution in [1.29, 1.82) is 0 Å². The van der Waals surface area contributed by atoms with E-state index >= 15 is 0 Å². The number of benzene rings is 2. The van der Waals surface area contributed by atoms with Crippen molar-refractivity contribution in [3.8, 4) is 5.69 Å². The van der Waals surface area contributed by atoms with Crippen LogP contribution in [-0.2, 0) is 0 Å². The van der Waals surface area contributed by atoms with Gasteiger partial charge in [-0.1, -0.05) is 18.2 Å². The van der Waals surface area contributed by atoms with Crippen LogP contribution in [0, 0.1) is 12.7 Å². The maximum atomic E-state index is 13.0. The number of carbonyl (C=O) groups is 2. The van der Waals surface area contributed by atoms with Crippen molar-refractivity contribution >= 4 is 17.8 Å². The number of aromatic nitrogens is 2. The molecule has 130 valence electrons. The molecular weight excluding hydrogens is 335 g/mol. The van der Waals surface area contributed by atoms with Crippen LogP contribution >= 0.6 is 0 Å². The molecule has 0 bridgehead atoms. The zero-order valence-corrected chi connectivity index (χ0v) is 13.9. The van der Waals surface area contributed by atoms with Crippen molar-refractivity contribution in [2.45, 2.75) is 6.92 Å². The van der Waals surface area contributed by atoms with Gasteiger partial charge in [0.15, 0.2) is 5.78 Å². The van der Waals surface area contributed by atoms with Crippen molar-refractivity contribution in [1.82, 2.24) is 9.78 Å². The van der Waals surface area contributed by atoms with Gasteiger partial charge < -0.3 is 5.11 Å². The maximum Gasteiger partial charge on any atom is 0.335 e. The van der Waals surface area contributed by atoms with Gasteiger partial charge in [0.25, 0.3) is 0 Å². The molecule has 0 saturated heterocycles. The Bertz CT molecular complexity index is 987. The molecule has 2 aromatic carbocycles. The lowest BCUT2D eigenvalue weighted by atomic mass is 10.1. The van der Waals surface area contributed by atoms with Gasteiger partial charge in [-0.3, -0.25) is 4.79 Å². The van der Waals surface area contributed by atoms with Gasteiger partial charge in [-0.15, -0.1) is 0 Å². The summed E-state index contributed by atoms with van der Waals surface area (Å²) in [7, 11) is 0. The highest BCUT2D eigenvalue weighted by molar-refractivity contribution is 6.07. The van der Waals surface area contributed by atoms with Crippen LogP contribution in [0.1, 0.15) is 32.0 Å². The predicted molar refractivity (Wildman–Crippen MR) is 95.0 cm³/mol. The molecule has 5 nitrogen and oxygen atoms in total. The van der Waals surface area contributed by atoms with Crippen molar-refractivity contribution < 1.29 is 19.1 Å². The van der Waals surface area contributed by atoms with Gasteiger partial charge in [0.2, 0.25) is 0 Å². The first kappa shape index (κ1) is 17.3. The molecule has 0 saturated carbocycles. The second-order valence-electron chi connectivity index (χ2n) is 5.66. The van der Waals surface area contributed by atoms with Gasteiger partial charge in [0.1, 0.15) is 5.82 Å². The Morgan fingerprint density at radius 1 is 1.08 bits per heavy atom. The molecule has 26 heavy (non-hydrogen) atoms. The average Bonchev–Trinajstić information content (AvgIpc) is 3.02. The highest BCUT2D eigenvalue weighted by Gasteiger charge is 2.13. The standard InChI is InChI=1S/C20H15FN2O3/c1-13-18(12-22-23(13)17-9-7-16(21)8-10-17)19(24)11-4-14-2-5-15(6-3-14)20(25)26/h2-12H,1H3,(H,25,26)/b11-4+. The fourth-order valence-electron chi connectivity index (χ4n) is 2.49. The number of allylic oxidation sites excluding steroid dienone is 1. The van der Waals surface area contributed by atoms with E-state index in [0.29, 0.717) is 22.5 Å². The van der Waals surface area contributed by atoms with E-state index in [1.165, 1.54) is 36.5 Å². The molecule has 3 rings (SSSR count). The molecule has 0 unspecified atom stereocenters. The van der Waals surface area contributed by atoms with Crippen molar-refractivity contribution in [2.24, 2.45) is 0 Å². The van der Waals surface area contributed by atoms with E-state index in [2.05, 4.69) is 5.10 Å². The molecule has 0 amide bonds. The third-order valence-corrected chi connectivity index (χ3v) is 3.93. The SMILES string of the molecule is Cc1c(C(=O)/C=C/c2ccc(C(=O)O)cc2)cnn1-c1ccc(F)cc1. The van der Waals surface area contributed by atoms with E-state index < -0.39 is 5.97 Å². The number of halogens is 1. The topological polar surface area (TPSA) is 72.2 Å². The number of carboxylic acid groups (broad SMARTS) is 1. The van der Waals surface area contributed by atoms with Gasteiger partial charge in [0.05, 0.1) is 28.7 Å². The summed E-state index contributed by atoms with van der Waals surface area (Å²) in [6, 6.07) is 12.0. The fourth-order valence-corrected chi connectivity index (χ4v) is 2.49. The van der Waals surface area contributed by atoms with Gasteiger partial charge in [-0.05, 0) is 55.0 Å². The molecule has 1 heterocycles. The first-order valence-corrected chi connectivity index (χ1v) is 7.82. The lowest BCUT2D eigenvalue weighted by molar-refractivity contribution is 0.0696. The molecule has 6 heteroatoms. The smallest absolute Gasteiger partial charge is 0.335 e. The van der Waals surface area contributed by atoms with Crippen molar-refractivity contribution in [2.75, 3.05) is 0 Å². The summed E-state index contributed by atoms with van der Waals surface area (Å²) in [5, 5.41) is 13.1. The normalized spacial score (nSPS) is 11.0. The van der Waals surface area contributed by atoms with Gasteiger partial charge in [-0.25, -0.2) is 13.9 Å². The van der Waals surface area contributed by atoms with Gasteiger partial charge in [-0.2, -0.15) is 5.10 Å². The number of carboxylic acids is 1. The minimum atomic E-state index is -1.000. The molecule has 1 N–H and O–H groups in total. The summed E-state index contributed by atoms with van der Waals surface area (Å²) < 4.78 is 14.6. The molecule has 0 aliphatic heterocycles. The molecule has 3 aromatic rings. The van der Waals surface area contributed by atoms with Crippen molar-refractivity contribution in [3.63, 3.8) is 0 Å². The Hall–Kier alpha value is -3.54. The number of hydrogen-bond donors (Lipinski definition) is 1. The highest BCUT2D eigenvalue weighted by atomic mass is 19.1. The van der Waals surface area contributed by atoms with E-state index in [1.54, 1.807) is 41.9 Å². The number of carbonyl (C=O) groups excluding carboxylic acids is 1. The molecular formula is C20H15FN2O3. The molecule has 0 radical (unpaired) electrons. The molecule has 0 aliphatic rings. The molecule has 0 spiro atoms. The lowest BCUT2D eigenvalue weighted by Crippen LogP contribution is -2.01. The third kappa shape index (κ3) is 3.59. The second-order valence-corrected chi connectivity index (χ2v) is 5.66. The molecule has 0 fully saturated rings. The van der Waals surface area contributed by atoms with Crippen molar-refractivity contribution in [3.05, 3.63) is 89.0 Å². The molecule has 1 aromatic heterocycles. The van der Waals surface area contributed by atoms with Crippen LogP contribution < -0.4 is 0 Å². The molecule has 0 atom stereocenters. The zero-order chi connectivity index (χ0) is 18.7. The van der Waals surface area contributed by atoms with E-state index in [0.717, 1.165) is 0 Å². The number of nitrogens with zero attached hydrogens (tertiary/aromatic N) is 2. The van der Waals surface area contributed by atoms with Gasteiger partial charge in [0, 0.05) is 0 Å². The first-order chi connectivity index (χ1) is 12.5. The van der Waals surface area contributed by atoms with Crippen LogP contribution in [0.5, 0.6) is 0 Å². The zero-order valence-electron chi connectivity index (χ0n) is 13.9. The Balaban J connectivity index is 1.80. The van der Waals surface area contributed by atoms with Crippen LogP contribution in [0.2, 0.25) is 0 Å². The lowest BCUT2D eigenvalue weighted by Gasteiger charge is -2.04. The Kier molecular flexibility index (Phi) is 4.75. The number of rotatable bonds is 5. The Morgan fingerprint density at radius 3 is 2.35 bits per heavy atom. The van der Waals surface area contributed by atoms with Crippen LogP contribution in [0.25, 0.3) is 11.8 Å². The largest absolute Gasteiger partial charge is 0.478 e. The summed E-state index contributed by atoms with van der Waals surface area (Å²) in [5.74, 6) is -1.56. The number of aromatic carboxylic acids is 1. The first-order valence-electron chi connectivity index (χ1n) is 7.82. The monoisotopic (exact) mass is 350 g/mol. The second kappa shape index (κ2) is 7.14. The predicted octanol–water partition coefficient (Wildman–Crippen LogP) is 3.91.